The monoisotopic (exact) mass is 488 g/mol. The number of unbranched alkanes of at least 4 members (excludes halogenated alkanes) is 1. The molecule has 2 aromatic carbocycles. The summed E-state index contributed by atoms with van der Waals surface area (Å²) >= 11 is 0. The third-order valence-electron chi connectivity index (χ3n) is 6.87. The first-order valence-electron chi connectivity index (χ1n) is 12.7. The van der Waals surface area contributed by atoms with E-state index in [0.29, 0.717) is 18.7 Å². The van der Waals surface area contributed by atoms with Gasteiger partial charge in [-0.15, -0.1) is 0 Å². The van der Waals surface area contributed by atoms with Gasteiger partial charge in [-0.1, -0.05) is 52.3 Å². The first-order chi connectivity index (χ1) is 17.1. The van der Waals surface area contributed by atoms with E-state index in [0.717, 1.165) is 46.3 Å². The van der Waals surface area contributed by atoms with E-state index in [1.54, 1.807) is 11.0 Å². The molecule has 4 rings (SSSR count). The molecule has 3 aromatic rings. The van der Waals surface area contributed by atoms with Crippen LogP contribution in [0.1, 0.15) is 75.9 Å². The molecule has 1 aliphatic rings. The van der Waals surface area contributed by atoms with Gasteiger partial charge in [-0.25, -0.2) is 0 Å². The fourth-order valence-corrected chi connectivity index (χ4v) is 5.09. The average Bonchev–Trinajstić information content (AvgIpc) is 3.29. The molecule has 0 aliphatic carbocycles. The average molecular weight is 489 g/mol. The number of H-pyrrole nitrogens is 1. The van der Waals surface area contributed by atoms with Crippen LogP contribution in [0, 0.1) is 6.92 Å². The van der Waals surface area contributed by atoms with Gasteiger partial charge in [0.15, 0.2) is 0 Å². The number of aryl methyl sites for hydroxylation is 1. The van der Waals surface area contributed by atoms with E-state index in [4.69, 9.17) is 4.74 Å². The number of aliphatic hydroxyl groups is 1. The molecular formula is C30H36N2O4. The number of likely N-dealkylation sites (tertiary alicyclic amines) is 1. The molecule has 0 spiro atoms. The standard InChI is InChI=1S/C30H36N2O4/c1-7-9-16-32-26(24-18(3)31-22-13-11-10-12-20(22)24)25(28(34)29(32)35)27(33)19-14-15-23(36-8-2)21(17-19)30(4,5)6/h10-15,17,26,31,33H,7-9,16H2,1-6H3/b27-25+. The van der Waals surface area contributed by atoms with Gasteiger partial charge in [0.25, 0.3) is 11.7 Å². The van der Waals surface area contributed by atoms with Crippen molar-refractivity contribution < 1.29 is 19.4 Å². The van der Waals surface area contributed by atoms with Gasteiger partial charge in [-0.3, -0.25) is 9.59 Å². The van der Waals surface area contributed by atoms with Gasteiger partial charge in [0.1, 0.15) is 11.5 Å². The SMILES string of the molecule is CCCCN1C(=O)C(=O)/C(=C(/O)c2ccc(OCC)c(C(C)(C)C)c2)C1c1c(C)[nH]c2ccccc12. The summed E-state index contributed by atoms with van der Waals surface area (Å²) in [4.78, 5) is 31.7. The zero-order chi connectivity index (χ0) is 26.2. The van der Waals surface area contributed by atoms with Gasteiger partial charge in [0.05, 0.1) is 18.2 Å². The van der Waals surface area contributed by atoms with Crippen LogP contribution in [-0.2, 0) is 15.0 Å². The Labute approximate surface area is 213 Å². The molecule has 2 heterocycles. The number of benzene rings is 2. The van der Waals surface area contributed by atoms with E-state index in [-0.39, 0.29) is 16.7 Å². The minimum atomic E-state index is -0.669. The molecule has 6 nitrogen and oxygen atoms in total. The first kappa shape index (κ1) is 25.5. The molecule has 0 saturated carbocycles. The Morgan fingerprint density at radius 3 is 2.50 bits per heavy atom. The maximum atomic E-state index is 13.5. The van der Waals surface area contributed by atoms with E-state index >= 15 is 0 Å². The van der Waals surface area contributed by atoms with Crippen LogP contribution in [0.5, 0.6) is 5.75 Å². The number of hydrogen-bond acceptors (Lipinski definition) is 4. The highest BCUT2D eigenvalue weighted by atomic mass is 16.5. The number of carbonyl (C=O) groups excluding carboxylic acids is 2. The summed E-state index contributed by atoms with van der Waals surface area (Å²) in [6.45, 7) is 13.1. The third kappa shape index (κ3) is 4.41. The molecule has 0 radical (unpaired) electrons. The van der Waals surface area contributed by atoms with E-state index in [1.807, 2.05) is 50.2 Å². The molecular weight excluding hydrogens is 452 g/mol. The summed E-state index contributed by atoms with van der Waals surface area (Å²) in [5.41, 5.74) is 3.96. The fourth-order valence-electron chi connectivity index (χ4n) is 5.09. The van der Waals surface area contributed by atoms with Crippen molar-refractivity contribution in [2.45, 2.75) is 65.8 Å². The van der Waals surface area contributed by atoms with Crippen molar-refractivity contribution in [2.24, 2.45) is 0 Å². The zero-order valence-electron chi connectivity index (χ0n) is 22.1. The predicted molar refractivity (Wildman–Crippen MR) is 143 cm³/mol. The topological polar surface area (TPSA) is 82.6 Å². The number of aromatic amines is 1. The van der Waals surface area contributed by atoms with Gasteiger partial charge >= 0.3 is 0 Å². The van der Waals surface area contributed by atoms with Crippen molar-refractivity contribution >= 4 is 28.4 Å². The predicted octanol–water partition coefficient (Wildman–Crippen LogP) is 6.39. The molecule has 1 atom stereocenters. The normalized spacial score (nSPS) is 17.8. The number of hydrogen-bond donors (Lipinski definition) is 2. The summed E-state index contributed by atoms with van der Waals surface area (Å²) in [5, 5.41) is 12.6. The first-order valence-corrected chi connectivity index (χ1v) is 12.7. The Kier molecular flexibility index (Phi) is 6.98. The maximum Gasteiger partial charge on any atom is 0.295 e. The lowest BCUT2D eigenvalue weighted by molar-refractivity contribution is -0.139. The quantitative estimate of drug-likeness (QED) is 0.229. The molecule has 190 valence electrons. The molecule has 1 amide bonds. The van der Waals surface area contributed by atoms with Crippen molar-refractivity contribution in [3.05, 3.63) is 70.4 Å². The van der Waals surface area contributed by atoms with Crippen molar-refractivity contribution in [1.29, 1.82) is 0 Å². The van der Waals surface area contributed by atoms with Crippen molar-refractivity contribution in [3.8, 4) is 5.75 Å². The van der Waals surface area contributed by atoms with Gasteiger partial charge in [-0.05, 0) is 49.9 Å². The minimum absolute atomic E-state index is 0.132. The van der Waals surface area contributed by atoms with Gasteiger partial charge < -0.3 is 19.7 Å². The zero-order valence-corrected chi connectivity index (χ0v) is 22.1. The molecule has 6 heteroatoms. The van der Waals surface area contributed by atoms with Gasteiger partial charge in [-0.2, -0.15) is 0 Å². The van der Waals surface area contributed by atoms with E-state index in [2.05, 4.69) is 32.7 Å². The smallest absolute Gasteiger partial charge is 0.295 e. The number of fused-ring (bicyclic) bond motifs is 1. The number of aromatic nitrogens is 1. The van der Waals surface area contributed by atoms with Crippen LogP contribution in [-0.4, -0.2) is 39.8 Å². The lowest BCUT2D eigenvalue weighted by Crippen LogP contribution is -2.30. The number of Topliss-reactive ketones (excluding diaryl/α,β-unsaturated/α-hetero) is 1. The highest BCUT2D eigenvalue weighted by Gasteiger charge is 2.47. The van der Waals surface area contributed by atoms with Crippen LogP contribution < -0.4 is 4.74 Å². The minimum Gasteiger partial charge on any atom is -0.507 e. The number of nitrogens with one attached hydrogen (secondary N) is 1. The Balaban J connectivity index is 1.96. The Bertz CT molecular complexity index is 1340. The number of aliphatic hydroxyl groups excluding tert-OH is 1. The molecule has 0 bridgehead atoms. The molecule has 1 fully saturated rings. The van der Waals surface area contributed by atoms with Gasteiger partial charge in [0, 0.05) is 39.8 Å². The van der Waals surface area contributed by atoms with Crippen molar-refractivity contribution in [3.63, 3.8) is 0 Å². The van der Waals surface area contributed by atoms with Crippen LogP contribution in [0.25, 0.3) is 16.7 Å². The molecule has 1 saturated heterocycles. The lowest BCUT2D eigenvalue weighted by Gasteiger charge is -2.26. The highest BCUT2D eigenvalue weighted by molar-refractivity contribution is 6.46. The Morgan fingerprint density at radius 2 is 1.83 bits per heavy atom. The Hall–Kier alpha value is -3.54. The van der Waals surface area contributed by atoms with E-state index < -0.39 is 17.7 Å². The largest absolute Gasteiger partial charge is 0.507 e. The lowest BCUT2D eigenvalue weighted by atomic mass is 9.84. The highest BCUT2D eigenvalue weighted by Crippen LogP contribution is 2.44. The van der Waals surface area contributed by atoms with E-state index in [1.165, 1.54) is 0 Å². The number of carbonyl (C=O) groups is 2. The van der Waals surface area contributed by atoms with Crippen LogP contribution in [0.15, 0.2) is 48.0 Å². The molecule has 1 unspecified atom stereocenters. The molecule has 2 N–H and O–H groups in total. The van der Waals surface area contributed by atoms with E-state index in [9.17, 15) is 14.7 Å². The number of rotatable bonds is 7. The van der Waals surface area contributed by atoms with Crippen LogP contribution in [0.2, 0.25) is 0 Å². The molecule has 36 heavy (non-hydrogen) atoms. The summed E-state index contributed by atoms with van der Waals surface area (Å²) in [5.74, 6) is -0.629. The third-order valence-corrected chi connectivity index (χ3v) is 6.87. The number of ether oxygens (including phenoxy) is 1. The number of ketones is 1. The van der Waals surface area contributed by atoms with Crippen LogP contribution in [0.3, 0.4) is 0 Å². The van der Waals surface area contributed by atoms with Gasteiger partial charge in [0.2, 0.25) is 0 Å². The van der Waals surface area contributed by atoms with Crippen molar-refractivity contribution in [1.82, 2.24) is 9.88 Å². The molecule has 1 aromatic heterocycles. The number of amides is 1. The Morgan fingerprint density at radius 1 is 1.11 bits per heavy atom. The second-order valence-corrected chi connectivity index (χ2v) is 10.4. The van der Waals surface area contributed by atoms with Crippen LogP contribution >= 0.6 is 0 Å². The second-order valence-electron chi connectivity index (χ2n) is 10.4. The summed E-state index contributed by atoms with van der Waals surface area (Å²) < 4.78 is 5.84. The van der Waals surface area contributed by atoms with Crippen molar-refractivity contribution in [2.75, 3.05) is 13.2 Å². The maximum absolute atomic E-state index is 13.5. The summed E-state index contributed by atoms with van der Waals surface area (Å²) in [7, 11) is 0. The fraction of sp³-hybridized carbons (Fsp3) is 0.400. The summed E-state index contributed by atoms with van der Waals surface area (Å²) in [6, 6.07) is 12.7. The number of para-hydroxylation sites is 1. The summed E-state index contributed by atoms with van der Waals surface area (Å²) in [6.07, 6.45) is 1.65. The second kappa shape index (κ2) is 9.84. The number of nitrogens with zero attached hydrogens (tertiary/aromatic N) is 1. The van der Waals surface area contributed by atoms with Crippen LogP contribution in [0.4, 0.5) is 0 Å². The molecule has 1 aliphatic heterocycles.